The first-order chi connectivity index (χ1) is 13.6. The van der Waals surface area contributed by atoms with Gasteiger partial charge in [0.05, 0.1) is 0 Å². The number of aromatic nitrogens is 1. The Labute approximate surface area is 168 Å². The summed E-state index contributed by atoms with van der Waals surface area (Å²) in [6, 6.07) is 6.36. The van der Waals surface area contributed by atoms with Crippen molar-refractivity contribution in [3.8, 4) is 0 Å². The highest BCUT2D eigenvalue weighted by Crippen LogP contribution is 2.39. The number of nitrogens with zero attached hydrogens (tertiary/aromatic N) is 1. The van der Waals surface area contributed by atoms with Crippen LogP contribution in [0.25, 0.3) is 10.9 Å². The third-order valence-electron chi connectivity index (χ3n) is 7.19. The summed E-state index contributed by atoms with van der Waals surface area (Å²) in [7, 11) is 2.18. The molecule has 0 saturated carbocycles. The van der Waals surface area contributed by atoms with Crippen molar-refractivity contribution in [3.63, 3.8) is 0 Å². The standard InChI is InChI=1S/C25H33NO2/c1-4-6-17(5-2)25(27)20-8-10-24-22(16-20)21-15-19(7-9-23(21)26(24)3)18-11-13-28-14-12-18/h4,8,10,16-19H,1,5-7,9,11-15H2,2-3H3. The zero-order valence-electron chi connectivity index (χ0n) is 17.4. The quantitative estimate of drug-likeness (QED) is 0.490. The highest BCUT2D eigenvalue weighted by atomic mass is 16.5. The van der Waals surface area contributed by atoms with Gasteiger partial charge in [-0.2, -0.15) is 0 Å². The lowest BCUT2D eigenvalue weighted by Gasteiger charge is -2.33. The van der Waals surface area contributed by atoms with Crippen molar-refractivity contribution in [2.75, 3.05) is 13.2 Å². The second-order valence-corrected chi connectivity index (χ2v) is 8.66. The molecule has 2 heterocycles. The molecule has 2 atom stereocenters. The summed E-state index contributed by atoms with van der Waals surface area (Å²) in [5, 5.41) is 1.30. The van der Waals surface area contributed by atoms with Crippen molar-refractivity contribution in [2.45, 2.75) is 51.9 Å². The number of allylic oxidation sites excluding steroid dienone is 1. The monoisotopic (exact) mass is 379 g/mol. The molecule has 2 aliphatic rings. The molecule has 0 bridgehead atoms. The lowest BCUT2D eigenvalue weighted by molar-refractivity contribution is 0.0439. The molecule has 0 spiro atoms. The number of Topliss-reactive ketones (excluding diaryl/α,β-unsaturated/α-hetero) is 1. The van der Waals surface area contributed by atoms with E-state index in [0.29, 0.717) is 0 Å². The number of rotatable bonds is 6. The Morgan fingerprint density at radius 1 is 1.29 bits per heavy atom. The maximum atomic E-state index is 13.0. The summed E-state index contributed by atoms with van der Waals surface area (Å²) in [6.07, 6.45) is 9.48. The Morgan fingerprint density at radius 2 is 2.07 bits per heavy atom. The minimum atomic E-state index is 0.0458. The van der Waals surface area contributed by atoms with Gasteiger partial charge in [-0.1, -0.05) is 13.0 Å². The van der Waals surface area contributed by atoms with E-state index in [9.17, 15) is 4.79 Å². The molecule has 0 amide bonds. The number of hydrogen-bond acceptors (Lipinski definition) is 2. The van der Waals surface area contributed by atoms with Crippen LogP contribution >= 0.6 is 0 Å². The van der Waals surface area contributed by atoms with Gasteiger partial charge in [0, 0.05) is 48.3 Å². The van der Waals surface area contributed by atoms with Crippen LogP contribution in [-0.2, 0) is 24.6 Å². The molecule has 2 unspecified atom stereocenters. The maximum absolute atomic E-state index is 13.0. The van der Waals surface area contributed by atoms with Crippen molar-refractivity contribution in [2.24, 2.45) is 24.8 Å². The van der Waals surface area contributed by atoms with E-state index in [0.717, 1.165) is 56.3 Å². The third-order valence-corrected chi connectivity index (χ3v) is 7.19. The summed E-state index contributed by atoms with van der Waals surface area (Å²) < 4.78 is 7.94. The average Bonchev–Trinajstić information content (AvgIpc) is 3.03. The molecule has 3 nitrogen and oxygen atoms in total. The Morgan fingerprint density at radius 3 is 2.79 bits per heavy atom. The van der Waals surface area contributed by atoms with Gasteiger partial charge in [0.2, 0.25) is 0 Å². The van der Waals surface area contributed by atoms with E-state index in [1.807, 2.05) is 12.1 Å². The highest BCUT2D eigenvalue weighted by Gasteiger charge is 2.31. The molecule has 1 aromatic carbocycles. The van der Waals surface area contributed by atoms with Crippen LogP contribution in [0.3, 0.4) is 0 Å². The van der Waals surface area contributed by atoms with Crippen LogP contribution in [0, 0.1) is 17.8 Å². The van der Waals surface area contributed by atoms with Crippen molar-refractivity contribution in [1.29, 1.82) is 0 Å². The largest absolute Gasteiger partial charge is 0.381 e. The number of aryl methyl sites for hydroxylation is 1. The summed E-state index contributed by atoms with van der Waals surface area (Å²) in [6.45, 7) is 7.76. The van der Waals surface area contributed by atoms with Crippen LogP contribution < -0.4 is 0 Å². The fourth-order valence-electron chi connectivity index (χ4n) is 5.45. The van der Waals surface area contributed by atoms with Gasteiger partial charge >= 0.3 is 0 Å². The van der Waals surface area contributed by atoms with Crippen LogP contribution in [0.2, 0.25) is 0 Å². The minimum absolute atomic E-state index is 0.0458. The van der Waals surface area contributed by atoms with Gasteiger partial charge in [-0.25, -0.2) is 0 Å². The number of carbonyl (C=O) groups is 1. The third kappa shape index (κ3) is 3.45. The van der Waals surface area contributed by atoms with Crippen molar-refractivity contribution >= 4 is 16.7 Å². The molecular formula is C25H33NO2. The molecule has 150 valence electrons. The van der Waals surface area contributed by atoms with E-state index in [-0.39, 0.29) is 11.7 Å². The van der Waals surface area contributed by atoms with Gasteiger partial charge in [-0.15, -0.1) is 6.58 Å². The van der Waals surface area contributed by atoms with Crippen molar-refractivity contribution < 1.29 is 9.53 Å². The number of fused-ring (bicyclic) bond motifs is 3. The molecule has 2 aromatic rings. The molecule has 1 fully saturated rings. The Bertz CT molecular complexity index is 872. The van der Waals surface area contributed by atoms with Crippen LogP contribution in [-0.4, -0.2) is 23.6 Å². The minimum Gasteiger partial charge on any atom is -0.381 e. The topological polar surface area (TPSA) is 31.2 Å². The lowest BCUT2D eigenvalue weighted by Crippen LogP contribution is -2.28. The number of benzene rings is 1. The van der Waals surface area contributed by atoms with E-state index >= 15 is 0 Å². The summed E-state index contributed by atoms with van der Waals surface area (Å²) in [5.41, 5.74) is 5.10. The van der Waals surface area contributed by atoms with E-state index in [1.54, 1.807) is 0 Å². The second-order valence-electron chi connectivity index (χ2n) is 8.66. The zero-order chi connectivity index (χ0) is 19.7. The molecule has 3 heteroatoms. The Hall–Kier alpha value is -1.87. The van der Waals surface area contributed by atoms with Crippen LogP contribution in [0.4, 0.5) is 0 Å². The van der Waals surface area contributed by atoms with Crippen molar-refractivity contribution in [1.82, 2.24) is 4.57 Å². The van der Waals surface area contributed by atoms with Gasteiger partial charge < -0.3 is 9.30 Å². The van der Waals surface area contributed by atoms with Crippen LogP contribution in [0.5, 0.6) is 0 Å². The molecule has 1 aliphatic carbocycles. The molecular weight excluding hydrogens is 346 g/mol. The molecule has 1 aliphatic heterocycles. The van der Waals surface area contributed by atoms with Gasteiger partial charge in [0.15, 0.2) is 5.78 Å². The molecule has 0 radical (unpaired) electrons. The molecule has 1 saturated heterocycles. The van der Waals surface area contributed by atoms with Gasteiger partial charge in [0.1, 0.15) is 0 Å². The normalized spacial score (nSPS) is 21.4. The number of hydrogen-bond donors (Lipinski definition) is 0. The number of ketones is 1. The smallest absolute Gasteiger partial charge is 0.166 e. The van der Waals surface area contributed by atoms with E-state index in [1.165, 1.54) is 41.4 Å². The average molecular weight is 380 g/mol. The number of ether oxygens (including phenoxy) is 1. The number of carbonyl (C=O) groups excluding carboxylic acids is 1. The summed E-state index contributed by atoms with van der Waals surface area (Å²) >= 11 is 0. The van der Waals surface area contributed by atoms with Crippen LogP contribution in [0.15, 0.2) is 30.9 Å². The zero-order valence-corrected chi connectivity index (χ0v) is 17.4. The first-order valence-electron chi connectivity index (χ1n) is 11.0. The molecule has 0 N–H and O–H groups in total. The van der Waals surface area contributed by atoms with E-state index in [4.69, 9.17) is 4.74 Å². The Balaban J connectivity index is 1.68. The first kappa shape index (κ1) is 19.4. The van der Waals surface area contributed by atoms with E-state index in [2.05, 4.69) is 37.3 Å². The highest BCUT2D eigenvalue weighted by molar-refractivity contribution is 6.02. The molecule has 28 heavy (non-hydrogen) atoms. The van der Waals surface area contributed by atoms with Gasteiger partial charge in [0.25, 0.3) is 0 Å². The predicted molar refractivity (Wildman–Crippen MR) is 115 cm³/mol. The van der Waals surface area contributed by atoms with Crippen LogP contribution in [0.1, 0.15) is 60.6 Å². The second kappa shape index (κ2) is 8.24. The maximum Gasteiger partial charge on any atom is 0.166 e. The first-order valence-corrected chi connectivity index (χ1v) is 11.0. The fraction of sp³-hybridized carbons (Fsp3) is 0.560. The SMILES string of the molecule is C=CCC(CC)C(=O)c1ccc2c(c1)c1c(n2C)CCC(C2CCOCC2)C1. The summed E-state index contributed by atoms with van der Waals surface area (Å²) in [4.78, 5) is 13.0. The lowest BCUT2D eigenvalue weighted by atomic mass is 9.75. The molecule has 1 aromatic heterocycles. The Kier molecular flexibility index (Phi) is 5.73. The van der Waals surface area contributed by atoms with Gasteiger partial charge in [-0.3, -0.25) is 4.79 Å². The van der Waals surface area contributed by atoms with E-state index < -0.39 is 0 Å². The van der Waals surface area contributed by atoms with Gasteiger partial charge in [-0.05, 0) is 80.5 Å². The molecule has 4 rings (SSSR count). The van der Waals surface area contributed by atoms with Crippen molar-refractivity contribution in [3.05, 3.63) is 47.7 Å². The fourth-order valence-corrected chi connectivity index (χ4v) is 5.45. The predicted octanol–water partition coefficient (Wildman–Crippen LogP) is 5.49. The summed E-state index contributed by atoms with van der Waals surface area (Å²) in [5.74, 6) is 1.85.